The second kappa shape index (κ2) is 33.8. The van der Waals surface area contributed by atoms with Gasteiger partial charge in [0, 0.05) is 18.3 Å². The quantitative estimate of drug-likeness (QED) is 0.0409. The predicted molar refractivity (Wildman–Crippen MR) is 463 cm³/mol. The molecule has 18 rings (SSSR count). The summed E-state index contributed by atoms with van der Waals surface area (Å²) in [5, 5.41) is 2.30. The van der Waals surface area contributed by atoms with Gasteiger partial charge in [0.1, 0.15) is 86.8 Å². The average Bonchev–Trinajstić information content (AvgIpc) is 1.59. The molecule has 0 fully saturated rings. The molecule has 0 N–H and O–H groups in total. The van der Waals surface area contributed by atoms with Crippen molar-refractivity contribution in [3.63, 3.8) is 0 Å². The molecule has 1 unspecified atom stereocenters. The van der Waals surface area contributed by atoms with Crippen LogP contribution < -0.4 is 51.9 Å². The molecule has 0 amide bonds. The summed E-state index contributed by atoms with van der Waals surface area (Å²) in [6.07, 6.45) is 51.8. The second-order valence-corrected chi connectivity index (χ2v) is 31.3. The van der Waals surface area contributed by atoms with Gasteiger partial charge in [-0.05, 0) is 143 Å². The van der Waals surface area contributed by atoms with Crippen molar-refractivity contribution in [3.05, 3.63) is 198 Å². The standard InChI is InChI=1S/C48H56N12.C44H48N11S.2Mn/c1-9-53-25-26-54(10-2)45(53)41-33-17-19-35(49-33)42(46-55(11-3)27-28-56(46)12-4)37-21-23-39(51-37)44(48-59(15-7)31-32-60(48)16-8)40-24-22-38(52-40)43(36-20-18-34(41)50-36)47-57(13-5)29-30-58(47)14-6;1-9-52-24-21-49(5)41(52)37-29-13-15-31(45-29)38(42-50(6)22-25-53(42)10-2)33-17-19-35(47-33)40(44-55(12-4)27-28-56(44)8)36-20-18-34(48-36)39(32-16-14-30(37)46-32)43-51(7)23-26-54(43)11-3;;/h17-32H,9-16H2,1-8H3;13-28H,9-12H2,1-8H3;;/q+2;+1;2*+3. The summed E-state index contributed by atoms with van der Waals surface area (Å²) < 4.78 is 31.8. The van der Waals surface area contributed by atoms with Crippen LogP contribution in [-0.2, 0) is 127 Å². The number of hydrogen-bond acceptors (Lipinski definition) is 5. The summed E-state index contributed by atoms with van der Waals surface area (Å²) >= 11 is 0. The Labute approximate surface area is 712 Å². The van der Waals surface area contributed by atoms with Crippen LogP contribution in [0, 0.1) is 0 Å². The third-order valence-electron chi connectivity index (χ3n) is 23.2. The van der Waals surface area contributed by atoms with Crippen molar-refractivity contribution in [1.82, 2.24) is 76.7 Å². The van der Waals surface area contributed by atoms with Gasteiger partial charge < -0.3 is 24.8 Å². The third kappa shape index (κ3) is 13.8. The molecule has 598 valence electrons. The van der Waals surface area contributed by atoms with Crippen LogP contribution in [0.4, 0.5) is 0 Å². The van der Waals surface area contributed by atoms with Crippen LogP contribution in [0.2, 0.25) is 0 Å². The van der Waals surface area contributed by atoms with E-state index in [1.54, 1.807) is 0 Å². The maximum absolute atomic E-state index is 5.59. The zero-order valence-electron chi connectivity index (χ0n) is 70.4. The van der Waals surface area contributed by atoms with Crippen molar-refractivity contribution in [3.8, 4) is 79.7 Å². The first-order valence-corrected chi connectivity index (χ1v) is 42.9. The van der Waals surface area contributed by atoms with Crippen LogP contribution in [0.1, 0.15) is 134 Å². The summed E-state index contributed by atoms with van der Waals surface area (Å²) in [5.74, 6) is 7.42. The monoisotopic (exact) mass is 1670 g/mol. The largest absolute Gasteiger partial charge is 3.00 e. The third-order valence-corrected chi connectivity index (χ3v) is 24.8. The van der Waals surface area contributed by atoms with E-state index < -0.39 is 0 Å². The van der Waals surface area contributed by atoms with Crippen molar-refractivity contribution in [2.45, 2.75) is 155 Å². The molecule has 0 aliphatic carbocycles. The molecule has 18 heterocycles. The van der Waals surface area contributed by atoms with Crippen LogP contribution in [0.25, 0.3) is 172 Å². The van der Waals surface area contributed by atoms with Gasteiger partial charge in [-0.1, -0.05) is 48.5 Å². The van der Waals surface area contributed by atoms with Crippen LogP contribution >= 0.6 is 10.5 Å². The minimum atomic E-state index is -0.146. The molecule has 118 heavy (non-hydrogen) atoms. The topological polar surface area (TPSA) is 173 Å². The molecule has 0 radical (unpaired) electrons. The first-order valence-electron chi connectivity index (χ1n) is 41.2. The molecule has 0 aromatic carbocycles. The fourth-order valence-electron chi connectivity index (χ4n) is 17.4. The molecule has 5 aliphatic heterocycles. The minimum Gasteiger partial charge on any atom is -0.656 e. The maximum Gasteiger partial charge on any atom is 3.00 e. The predicted octanol–water partition coefficient (Wildman–Crippen LogP) is 13.1. The van der Waals surface area contributed by atoms with Crippen LogP contribution in [0.3, 0.4) is 0 Å². The van der Waals surface area contributed by atoms with E-state index in [9.17, 15) is 0 Å². The molecule has 13 aromatic heterocycles. The summed E-state index contributed by atoms with van der Waals surface area (Å²) in [5.41, 5.74) is 21.8. The molecular weight excluding hydrogens is 1570 g/mol. The van der Waals surface area contributed by atoms with Gasteiger partial charge in [-0.3, -0.25) is 0 Å². The fourth-order valence-corrected chi connectivity index (χ4v) is 18.9. The number of aryl methyl sites for hydroxylation is 14. The molecule has 13 aromatic rings. The van der Waals surface area contributed by atoms with Crippen molar-refractivity contribution >= 4 is 108 Å². The Morgan fingerprint density at radius 3 is 0.703 bits per heavy atom. The van der Waals surface area contributed by atoms with Gasteiger partial charge in [-0.25, -0.2) is 83.9 Å². The van der Waals surface area contributed by atoms with Crippen molar-refractivity contribution in [1.29, 1.82) is 0 Å². The first-order chi connectivity index (χ1) is 56.6. The van der Waals surface area contributed by atoms with Crippen LogP contribution in [-0.4, -0.2) is 74.6 Å². The van der Waals surface area contributed by atoms with Crippen LogP contribution in [0.5, 0.6) is 0 Å². The Bertz CT molecular complexity index is 6130. The van der Waals surface area contributed by atoms with E-state index >= 15 is 0 Å². The van der Waals surface area contributed by atoms with Gasteiger partial charge >= 0.3 is 34.1 Å². The van der Waals surface area contributed by atoms with Gasteiger partial charge in [0.2, 0.25) is 0 Å². The van der Waals surface area contributed by atoms with E-state index in [-0.39, 0.29) is 44.6 Å². The van der Waals surface area contributed by atoms with Gasteiger partial charge in [-0.15, -0.1) is 54.6 Å². The average molecular weight is 1670 g/mol. The molecule has 0 saturated carbocycles. The SMILES string of the molecule is CCN1C=CS(C)=C1c1c2nc(c(-c3n(CC)cc[n+]3C)c3ccc([n-]3)c(-c3n(CC)cc[n+]3C)c3nc(c(-c4n(CC)cc[n+]4C)c4ccc1[n-]4)C=C3)C=C2.CCn1cc[n+](CC)c1-c1c2nc(c(-c3n(CC)cc[n+]3CC)c3ccc([n-]3)c(-c3n(CC)cc[n+]3CC)c3nc(c(-c4n(CC)cc[n+]4CC)c4ccc1[n-]4)C=C3)C=C2.[Mn+3].[Mn+3]. The summed E-state index contributed by atoms with van der Waals surface area (Å²) in [6, 6.07) is 17.3. The van der Waals surface area contributed by atoms with E-state index in [1.165, 1.54) is 4.99 Å². The Hall–Kier alpha value is -11.5. The zero-order chi connectivity index (χ0) is 80.5. The normalized spacial score (nSPS) is 13.4. The summed E-state index contributed by atoms with van der Waals surface area (Å²) in [7, 11) is 6.14. The maximum atomic E-state index is 5.59. The molecule has 16 bridgehead atoms. The van der Waals surface area contributed by atoms with Crippen molar-refractivity contribution in [2.24, 2.45) is 21.1 Å². The van der Waals surface area contributed by atoms with Gasteiger partial charge in [0.25, 0.3) is 40.8 Å². The van der Waals surface area contributed by atoms with Gasteiger partial charge in [-0.2, -0.15) is 0 Å². The van der Waals surface area contributed by atoms with Crippen LogP contribution in [0.15, 0.2) is 147 Å². The Kier molecular flexibility index (Phi) is 23.4. The van der Waals surface area contributed by atoms with Crippen molar-refractivity contribution in [2.75, 3.05) is 12.8 Å². The Morgan fingerprint density at radius 2 is 0.483 bits per heavy atom. The summed E-state index contributed by atoms with van der Waals surface area (Å²) in [6.45, 7) is 36.0. The molecule has 0 saturated heterocycles. The second-order valence-electron chi connectivity index (χ2n) is 29.5. The number of imidazole rings is 7. The number of nitrogens with zero attached hydrogens (tertiary/aromatic N) is 23. The minimum absolute atomic E-state index is 0. The van der Waals surface area contributed by atoms with E-state index in [0.29, 0.717) is 0 Å². The number of hydrogen-bond donors (Lipinski definition) is 0. The Morgan fingerprint density at radius 1 is 0.280 bits per heavy atom. The first kappa shape index (κ1) is 81.6. The van der Waals surface area contributed by atoms with Crippen molar-refractivity contribution < 1.29 is 66.1 Å². The molecule has 5 aliphatic rings. The number of fused-ring (bicyclic) bond motifs is 16. The zero-order valence-corrected chi connectivity index (χ0v) is 73.6. The molecule has 26 heteroatoms. The molecular formula is C92H104Mn2N23S+9. The fraction of sp³-hybridized carbons (Fsp3) is 0.304. The molecule has 1 atom stereocenters. The number of rotatable bonds is 20. The van der Waals surface area contributed by atoms with Gasteiger partial charge in [0.05, 0.1) is 183 Å². The smallest absolute Gasteiger partial charge is 0.656 e. The van der Waals surface area contributed by atoms with Gasteiger partial charge in [0.15, 0.2) is 0 Å². The number of aromatic nitrogens is 22. The van der Waals surface area contributed by atoms with E-state index in [4.69, 9.17) is 39.9 Å². The summed E-state index contributed by atoms with van der Waals surface area (Å²) in [4.78, 5) is 48.0. The Balaban J connectivity index is 0.000000182. The van der Waals surface area contributed by atoms with E-state index in [0.717, 1.165) is 254 Å². The molecule has 23 nitrogen and oxygen atoms in total. The van der Waals surface area contributed by atoms with E-state index in [1.807, 2.05) is 0 Å². The van der Waals surface area contributed by atoms with E-state index in [2.05, 4.69) is 375 Å². The molecule has 0 spiro atoms.